The van der Waals surface area contributed by atoms with Crippen molar-refractivity contribution >= 4 is 15.9 Å². The lowest BCUT2D eigenvalue weighted by molar-refractivity contribution is 0.0690. The molecule has 26 heavy (non-hydrogen) atoms. The summed E-state index contributed by atoms with van der Waals surface area (Å²) in [6, 6.07) is 9.51. The van der Waals surface area contributed by atoms with E-state index in [-0.39, 0.29) is 23.4 Å². The van der Waals surface area contributed by atoms with Crippen LogP contribution < -0.4 is 4.72 Å². The lowest BCUT2D eigenvalue weighted by Crippen LogP contribution is -2.36. The van der Waals surface area contributed by atoms with Gasteiger partial charge >= 0.3 is 0 Å². The Morgan fingerprint density at radius 2 is 1.96 bits per heavy atom. The maximum absolute atomic E-state index is 12.8. The highest BCUT2D eigenvalue weighted by Gasteiger charge is 2.20. The Hall–Kier alpha value is -2.69. The highest BCUT2D eigenvalue weighted by Crippen LogP contribution is 2.16. The standard InChI is InChI=1S/C19H21N3O3S/c1-4-11-21-26(24,25)18-9-7-17(8-10-18)19(23)22(15(2)3)14-16-6-5-12-20-13-16/h1,5-10,12-13,15,21H,11,14H2,2-3H3. The van der Waals surface area contributed by atoms with E-state index in [0.717, 1.165) is 5.56 Å². The zero-order chi connectivity index (χ0) is 19.2. The Balaban J connectivity index is 2.20. The van der Waals surface area contributed by atoms with Crippen LogP contribution in [0.2, 0.25) is 0 Å². The zero-order valence-electron chi connectivity index (χ0n) is 14.7. The zero-order valence-corrected chi connectivity index (χ0v) is 15.5. The number of benzene rings is 1. The van der Waals surface area contributed by atoms with Crippen molar-refractivity contribution in [3.8, 4) is 12.3 Å². The number of carbonyl (C=O) groups is 1. The van der Waals surface area contributed by atoms with E-state index in [1.54, 1.807) is 17.3 Å². The fourth-order valence-electron chi connectivity index (χ4n) is 2.34. The molecule has 1 N–H and O–H groups in total. The summed E-state index contributed by atoms with van der Waals surface area (Å²) >= 11 is 0. The Morgan fingerprint density at radius 1 is 1.27 bits per heavy atom. The topological polar surface area (TPSA) is 79.4 Å². The Labute approximate surface area is 154 Å². The molecule has 1 amide bonds. The molecule has 0 saturated carbocycles. The number of rotatable bonds is 7. The molecule has 0 radical (unpaired) electrons. The minimum absolute atomic E-state index is 0.0246. The van der Waals surface area contributed by atoms with Crippen molar-refractivity contribution in [3.63, 3.8) is 0 Å². The summed E-state index contributed by atoms with van der Waals surface area (Å²) < 4.78 is 26.4. The van der Waals surface area contributed by atoms with E-state index in [1.165, 1.54) is 24.3 Å². The molecule has 0 aliphatic rings. The lowest BCUT2D eigenvalue weighted by atomic mass is 10.1. The van der Waals surface area contributed by atoms with Gasteiger partial charge in [0.05, 0.1) is 11.4 Å². The number of hydrogen-bond acceptors (Lipinski definition) is 4. The molecule has 0 atom stereocenters. The SMILES string of the molecule is C#CCNS(=O)(=O)c1ccc(C(=O)N(Cc2cccnc2)C(C)C)cc1. The van der Waals surface area contributed by atoms with E-state index in [9.17, 15) is 13.2 Å². The molecule has 6 nitrogen and oxygen atoms in total. The van der Waals surface area contributed by atoms with E-state index in [0.29, 0.717) is 12.1 Å². The van der Waals surface area contributed by atoms with Gasteiger partial charge in [-0.1, -0.05) is 12.0 Å². The van der Waals surface area contributed by atoms with Crippen LogP contribution in [-0.2, 0) is 16.6 Å². The number of pyridine rings is 1. The average Bonchev–Trinajstić information content (AvgIpc) is 2.64. The molecule has 0 bridgehead atoms. The molecule has 136 valence electrons. The van der Waals surface area contributed by atoms with Gasteiger partial charge in [0.15, 0.2) is 0 Å². The largest absolute Gasteiger partial charge is 0.332 e. The Bertz CT molecular complexity index is 886. The van der Waals surface area contributed by atoms with Gasteiger partial charge < -0.3 is 4.90 Å². The molecular formula is C19H21N3O3S. The molecule has 2 rings (SSSR count). The number of nitrogens with one attached hydrogen (secondary N) is 1. The van der Waals surface area contributed by atoms with Gasteiger partial charge in [0, 0.05) is 30.5 Å². The predicted molar refractivity (Wildman–Crippen MR) is 99.7 cm³/mol. The van der Waals surface area contributed by atoms with Gasteiger partial charge in [-0.25, -0.2) is 8.42 Å². The van der Waals surface area contributed by atoms with Crippen LogP contribution in [0.15, 0.2) is 53.7 Å². The van der Waals surface area contributed by atoms with Gasteiger partial charge in [0.1, 0.15) is 0 Å². The average molecular weight is 371 g/mol. The third-order valence-corrected chi connectivity index (χ3v) is 5.15. The first-order chi connectivity index (χ1) is 12.3. The highest BCUT2D eigenvalue weighted by atomic mass is 32.2. The normalized spacial score (nSPS) is 11.2. The van der Waals surface area contributed by atoms with Crippen molar-refractivity contribution in [3.05, 3.63) is 59.9 Å². The molecule has 0 unspecified atom stereocenters. The summed E-state index contributed by atoms with van der Waals surface area (Å²) in [5.74, 6) is 2.04. The third-order valence-electron chi connectivity index (χ3n) is 3.74. The summed E-state index contributed by atoms with van der Waals surface area (Å²) in [5, 5.41) is 0. The van der Waals surface area contributed by atoms with Gasteiger partial charge in [0.25, 0.3) is 5.91 Å². The van der Waals surface area contributed by atoms with E-state index in [2.05, 4.69) is 15.6 Å². The van der Waals surface area contributed by atoms with Crippen molar-refractivity contribution in [2.75, 3.05) is 6.54 Å². The first kappa shape index (κ1) is 19.6. The van der Waals surface area contributed by atoms with Crippen LogP contribution >= 0.6 is 0 Å². The molecular weight excluding hydrogens is 350 g/mol. The van der Waals surface area contributed by atoms with Gasteiger partial charge in [-0.15, -0.1) is 6.42 Å². The summed E-state index contributed by atoms with van der Waals surface area (Å²) in [5.41, 5.74) is 1.34. The molecule has 1 aromatic heterocycles. The van der Waals surface area contributed by atoms with Crippen LogP contribution in [0.1, 0.15) is 29.8 Å². The van der Waals surface area contributed by atoms with Gasteiger partial charge in [-0.05, 0) is 49.7 Å². The number of carbonyl (C=O) groups excluding carboxylic acids is 1. The fraction of sp³-hybridized carbons (Fsp3) is 0.263. The number of amides is 1. The molecule has 2 aromatic rings. The van der Waals surface area contributed by atoms with Gasteiger partial charge in [-0.2, -0.15) is 4.72 Å². The molecule has 7 heteroatoms. The molecule has 0 fully saturated rings. The predicted octanol–water partition coefficient (Wildman–Crippen LogP) is 2.04. The van der Waals surface area contributed by atoms with Crippen molar-refractivity contribution in [2.45, 2.75) is 31.3 Å². The number of sulfonamides is 1. The highest BCUT2D eigenvalue weighted by molar-refractivity contribution is 7.89. The van der Waals surface area contributed by atoms with Crippen molar-refractivity contribution in [1.82, 2.24) is 14.6 Å². The number of hydrogen-bond donors (Lipinski definition) is 1. The maximum atomic E-state index is 12.8. The Morgan fingerprint density at radius 3 is 2.50 bits per heavy atom. The van der Waals surface area contributed by atoms with Crippen molar-refractivity contribution in [2.24, 2.45) is 0 Å². The van der Waals surface area contributed by atoms with Crippen molar-refractivity contribution in [1.29, 1.82) is 0 Å². The van der Waals surface area contributed by atoms with Gasteiger partial charge in [-0.3, -0.25) is 9.78 Å². The second-order valence-electron chi connectivity index (χ2n) is 5.94. The van der Waals surface area contributed by atoms with E-state index >= 15 is 0 Å². The smallest absolute Gasteiger partial charge is 0.254 e. The second kappa shape index (κ2) is 8.61. The van der Waals surface area contributed by atoms with Crippen LogP contribution in [-0.4, -0.2) is 36.8 Å². The Kier molecular flexibility index (Phi) is 6.50. The minimum Gasteiger partial charge on any atom is -0.332 e. The second-order valence-corrected chi connectivity index (χ2v) is 7.71. The summed E-state index contributed by atoms with van der Waals surface area (Å²) in [4.78, 5) is 18.7. The summed E-state index contributed by atoms with van der Waals surface area (Å²) in [6.07, 6.45) is 8.47. The molecule has 1 heterocycles. The number of terminal acetylenes is 1. The molecule has 1 aromatic carbocycles. The fourth-order valence-corrected chi connectivity index (χ4v) is 3.27. The minimum atomic E-state index is -3.68. The third kappa shape index (κ3) is 4.91. The maximum Gasteiger partial charge on any atom is 0.254 e. The van der Waals surface area contributed by atoms with Crippen LogP contribution in [0, 0.1) is 12.3 Å². The first-order valence-corrected chi connectivity index (χ1v) is 9.56. The van der Waals surface area contributed by atoms with E-state index in [1.807, 2.05) is 26.0 Å². The van der Waals surface area contributed by atoms with Crippen LogP contribution in [0.4, 0.5) is 0 Å². The van der Waals surface area contributed by atoms with Gasteiger partial charge in [0.2, 0.25) is 10.0 Å². The molecule has 0 saturated heterocycles. The summed E-state index contributed by atoms with van der Waals surface area (Å²) in [7, 11) is -3.68. The lowest BCUT2D eigenvalue weighted by Gasteiger charge is -2.27. The van der Waals surface area contributed by atoms with E-state index in [4.69, 9.17) is 6.42 Å². The first-order valence-electron chi connectivity index (χ1n) is 8.08. The molecule has 0 aliphatic carbocycles. The molecule has 0 aliphatic heterocycles. The van der Waals surface area contributed by atoms with Crippen molar-refractivity contribution < 1.29 is 13.2 Å². The number of nitrogens with zero attached hydrogens (tertiary/aromatic N) is 2. The van der Waals surface area contributed by atoms with Crippen LogP contribution in [0.3, 0.4) is 0 Å². The number of aromatic nitrogens is 1. The van der Waals surface area contributed by atoms with Crippen LogP contribution in [0.25, 0.3) is 0 Å². The van der Waals surface area contributed by atoms with Crippen LogP contribution in [0.5, 0.6) is 0 Å². The monoisotopic (exact) mass is 371 g/mol. The molecule has 0 spiro atoms. The van der Waals surface area contributed by atoms with E-state index < -0.39 is 10.0 Å². The quantitative estimate of drug-likeness (QED) is 0.756. The summed E-state index contributed by atoms with van der Waals surface area (Å²) in [6.45, 7) is 4.19.